The molecule has 0 aromatic heterocycles. The Morgan fingerprint density at radius 3 is 2.57 bits per heavy atom. The van der Waals surface area contributed by atoms with Gasteiger partial charge in [0.2, 0.25) is 5.69 Å². The van der Waals surface area contributed by atoms with Gasteiger partial charge in [-0.2, -0.15) is 0 Å². The summed E-state index contributed by atoms with van der Waals surface area (Å²) in [6, 6.07) is 6.67. The summed E-state index contributed by atoms with van der Waals surface area (Å²) >= 11 is 5.69. The monoisotopic (exact) mass is 212 g/mol. The Kier molecular flexibility index (Phi) is 4.40. The molecule has 1 rings (SSSR count). The summed E-state index contributed by atoms with van der Waals surface area (Å²) in [7, 11) is 0. The summed E-state index contributed by atoms with van der Waals surface area (Å²) in [5, 5.41) is 15.8. The lowest BCUT2D eigenvalue weighted by molar-refractivity contribution is -0.442. The van der Waals surface area contributed by atoms with Crippen molar-refractivity contribution >= 4 is 17.3 Å². The van der Waals surface area contributed by atoms with Crippen LogP contribution in [-0.4, -0.2) is 11.4 Å². The van der Waals surface area contributed by atoms with Gasteiger partial charge in [0.1, 0.15) is 6.54 Å². The van der Waals surface area contributed by atoms with Crippen LogP contribution in [0.4, 0.5) is 5.69 Å². The number of nitrogens with zero attached hydrogens (tertiary/aromatic N) is 2. The van der Waals surface area contributed by atoms with Gasteiger partial charge in [-0.15, -0.1) is 0 Å². The predicted molar refractivity (Wildman–Crippen MR) is 56.9 cm³/mol. The summed E-state index contributed by atoms with van der Waals surface area (Å²) in [6.07, 6.45) is 1.98. The molecule has 0 heterocycles. The normalized spacial score (nSPS) is 11.7. The molecule has 0 aliphatic carbocycles. The standard InChI is InChI=1S/C10H13ClN2O/c1-2-3-8-12-13(14)10-6-4-9(11)5-7-10/h4-7H,2-3,8H2,1H3. The predicted octanol–water partition coefficient (Wildman–Crippen LogP) is 3.73. The molecular weight excluding hydrogens is 200 g/mol. The molecule has 0 spiro atoms. The number of halogens is 1. The Hall–Kier alpha value is -1.09. The number of hydrogen-bond donors (Lipinski definition) is 0. The molecule has 76 valence electrons. The van der Waals surface area contributed by atoms with Crippen LogP contribution < -0.4 is 0 Å². The van der Waals surface area contributed by atoms with Crippen molar-refractivity contribution in [1.82, 2.24) is 0 Å². The van der Waals surface area contributed by atoms with E-state index in [9.17, 15) is 5.21 Å². The zero-order valence-corrected chi connectivity index (χ0v) is 8.87. The minimum Gasteiger partial charge on any atom is -0.594 e. The second-order valence-corrected chi connectivity index (χ2v) is 3.40. The number of benzene rings is 1. The summed E-state index contributed by atoms with van der Waals surface area (Å²) in [4.78, 5) is 0.645. The average molecular weight is 213 g/mol. The zero-order chi connectivity index (χ0) is 10.4. The third-order valence-electron chi connectivity index (χ3n) is 1.79. The lowest BCUT2D eigenvalue weighted by atomic mass is 10.3. The molecule has 0 bridgehead atoms. The van der Waals surface area contributed by atoms with Crippen molar-refractivity contribution in [3.8, 4) is 0 Å². The highest BCUT2D eigenvalue weighted by Gasteiger charge is 2.01. The first-order valence-corrected chi connectivity index (χ1v) is 5.02. The molecule has 4 heteroatoms. The summed E-state index contributed by atoms with van der Waals surface area (Å²) < 4.78 is 0. The smallest absolute Gasteiger partial charge is 0.244 e. The van der Waals surface area contributed by atoms with Crippen molar-refractivity contribution in [2.75, 3.05) is 6.54 Å². The highest BCUT2D eigenvalue weighted by molar-refractivity contribution is 6.30. The van der Waals surface area contributed by atoms with Crippen LogP contribution in [0.25, 0.3) is 0 Å². The second kappa shape index (κ2) is 5.60. The molecule has 1 aromatic rings. The SMILES string of the molecule is CCCCN=[N+]([O-])c1ccc(Cl)cc1. The highest BCUT2D eigenvalue weighted by atomic mass is 35.5. The van der Waals surface area contributed by atoms with Crippen molar-refractivity contribution in [2.45, 2.75) is 19.8 Å². The van der Waals surface area contributed by atoms with Gasteiger partial charge in [-0.05, 0) is 23.7 Å². The Balaban J connectivity index is 2.64. The average Bonchev–Trinajstić information content (AvgIpc) is 2.19. The fourth-order valence-corrected chi connectivity index (χ4v) is 1.10. The molecule has 1 aromatic carbocycles. The fraction of sp³-hybridized carbons (Fsp3) is 0.400. The van der Waals surface area contributed by atoms with E-state index in [2.05, 4.69) is 12.0 Å². The van der Waals surface area contributed by atoms with Gasteiger partial charge in [0.25, 0.3) is 0 Å². The van der Waals surface area contributed by atoms with Gasteiger partial charge in [0, 0.05) is 17.2 Å². The summed E-state index contributed by atoms with van der Waals surface area (Å²) in [6.45, 7) is 2.63. The van der Waals surface area contributed by atoms with E-state index < -0.39 is 0 Å². The third-order valence-corrected chi connectivity index (χ3v) is 2.04. The van der Waals surface area contributed by atoms with Gasteiger partial charge in [-0.3, -0.25) is 0 Å². The molecule has 0 unspecified atom stereocenters. The van der Waals surface area contributed by atoms with Crippen molar-refractivity contribution in [3.63, 3.8) is 0 Å². The molecule has 0 aliphatic heterocycles. The van der Waals surface area contributed by atoms with Crippen LogP contribution in [0.15, 0.2) is 29.4 Å². The Bertz CT molecular complexity index is 308. The van der Waals surface area contributed by atoms with Gasteiger partial charge in [0.05, 0.1) is 0 Å². The molecule has 0 amide bonds. The van der Waals surface area contributed by atoms with Crippen LogP contribution in [0, 0.1) is 5.21 Å². The Labute approximate surface area is 88.6 Å². The quantitative estimate of drug-likeness (QED) is 0.324. The van der Waals surface area contributed by atoms with E-state index >= 15 is 0 Å². The van der Waals surface area contributed by atoms with Crippen LogP contribution in [0.1, 0.15) is 19.8 Å². The van der Waals surface area contributed by atoms with Gasteiger partial charge < -0.3 is 5.21 Å². The van der Waals surface area contributed by atoms with E-state index in [1.807, 2.05) is 0 Å². The van der Waals surface area contributed by atoms with E-state index in [1.165, 1.54) is 0 Å². The molecule has 0 radical (unpaired) electrons. The summed E-state index contributed by atoms with van der Waals surface area (Å²) in [5.74, 6) is 0. The number of azo groups is 1. The van der Waals surface area contributed by atoms with Crippen LogP contribution in [0.5, 0.6) is 0 Å². The maximum Gasteiger partial charge on any atom is 0.244 e. The van der Waals surface area contributed by atoms with Crippen molar-refractivity contribution in [1.29, 1.82) is 0 Å². The lowest BCUT2D eigenvalue weighted by Gasteiger charge is -1.99. The number of unbranched alkanes of at least 4 members (excludes halogenated alkanes) is 1. The molecular formula is C10H13ClN2O. The molecule has 14 heavy (non-hydrogen) atoms. The first-order valence-electron chi connectivity index (χ1n) is 4.64. The Morgan fingerprint density at radius 2 is 2.00 bits per heavy atom. The maximum atomic E-state index is 11.3. The largest absolute Gasteiger partial charge is 0.594 e. The van der Waals surface area contributed by atoms with Gasteiger partial charge >= 0.3 is 0 Å². The van der Waals surface area contributed by atoms with Gasteiger partial charge in [0.15, 0.2) is 0 Å². The minimum absolute atomic E-state index is 0.519. The van der Waals surface area contributed by atoms with E-state index in [0.29, 0.717) is 22.1 Å². The first kappa shape index (κ1) is 11.0. The molecule has 0 N–H and O–H groups in total. The third kappa shape index (κ3) is 3.34. The number of rotatable bonds is 4. The van der Waals surface area contributed by atoms with E-state index in [0.717, 1.165) is 12.8 Å². The van der Waals surface area contributed by atoms with Crippen molar-refractivity contribution < 1.29 is 4.86 Å². The number of hydrogen-bond acceptors (Lipinski definition) is 2. The van der Waals surface area contributed by atoms with Crippen LogP contribution >= 0.6 is 11.6 Å². The van der Waals surface area contributed by atoms with E-state index in [-0.39, 0.29) is 0 Å². The Morgan fingerprint density at radius 1 is 1.36 bits per heavy atom. The van der Waals surface area contributed by atoms with Gasteiger partial charge in [-0.25, -0.2) is 0 Å². The van der Waals surface area contributed by atoms with Crippen molar-refractivity contribution in [2.24, 2.45) is 5.11 Å². The van der Waals surface area contributed by atoms with Crippen LogP contribution in [-0.2, 0) is 0 Å². The molecule has 0 fully saturated rings. The van der Waals surface area contributed by atoms with E-state index in [1.54, 1.807) is 24.3 Å². The minimum atomic E-state index is 0.519. The maximum absolute atomic E-state index is 11.3. The van der Waals surface area contributed by atoms with E-state index in [4.69, 9.17) is 11.6 Å². The highest BCUT2D eigenvalue weighted by Crippen LogP contribution is 2.15. The zero-order valence-electron chi connectivity index (χ0n) is 8.11. The second-order valence-electron chi connectivity index (χ2n) is 2.97. The lowest BCUT2D eigenvalue weighted by Crippen LogP contribution is -1.93. The molecule has 0 saturated heterocycles. The summed E-state index contributed by atoms with van der Waals surface area (Å²) in [5.41, 5.74) is 0.519. The fourth-order valence-electron chi connectivity index (χ4n) is 0.970. The van der Waals surface area contributed by atoms with Crippen LogP contribution in [0.3, 0.4) is 0 Å². The molecule has 3 nitrogen and oxygen atoms in total. The molecule has 0 saturated carbocycles. The molecule has 0 aliphatic rings. The van der Waals surface area contributed by atoms with Crippen LogP contribution in [0.2, 0.25) is 5.02 Å². The van der Waals surface area contributed by atoms with Gasteiger partial charge in [-0.1, -0.05) is 29.8 Å². The van der Waals surface area contributed by atoms with Crippen molar-refractivity contribution in [3.05, 3.63) is 34.5 Å². The topological polar surface area (TPSA) is 38.4 Å². The molecule has 0 atom stereocenters. The first-order chi connectivity index (χ1) is 6.74.